The Balaban J connectivity index is 0.683. The summed E-state index contributed by atoms with van der Waals surface area (Å²) in [5, 5.41) is 13.6. The van der Waals surface area contributed by atoms with Crippen molar-refractivity contribution in [1.29, 1.82) is 0 Å². The molecule has 12 rings (SSSR count). The van der Waals surface area contributed by atoms with Crippen LogP contribution in [0.25, 0.3) is 5.65 Å². The lowest BCUT2D eigenvalue weighted by molar-refractivity contribution is -0.159. The number of hydrogen-bond acceptors (Lipinski definition) is 10. The predicted molar refractivity (Wildman–Crippen MR) is 232 cm³/mol. The number of benzene rings is 2. The van der Waals surface area contributed by atoms with Crippen LogP contribution in [0.15, 0.2) is 48.7 Å². The molecule has 15 nitrogen and oxygen atoms in total. The van der Waals surface area contributed by atoms with Gasteiger partial charge in [-0.3, -0.25) is 29.5 Å². The van der Waals surface area contributed by atoms with Gasteiger partial charge in [-0.05, 0) is 84.7 Å². The van der Waals surface area contributed by atoms with Gasteiger partial charge in [0.05, 0.1) is 28.6 Å². The van der Waals surface area contributed by atoms with Gasteiger partial charge in [-0.2, -0.15) is 0 Å². The number of piperidine rings is 1. The molecule has 4 aliphatic carbocycles. The minimum Gasteiger partial charge on any atom is -0.385 e. The van der Waals surface area contributed by atoms with E-state index in [-0.39, 0.29) is 36.1 Å². The van der Waals surface area contributed by atoms with E-state index in [2.05, 4.69) is 53.8 Å². The van der Waals surface area contributed by atoms with Crippen molar-refractivity contribution in [3.63, 3.8) is 0 Å². The average Bonchev–Trinajstić information content (AvgIpc) is 3.57. The third-order valence-corrected chi connectivity index (χ3v) is 15.1. The normalized spacial score (nSPS) is 27.4. The highest BCUT2D eigenvalue weighted by Crippen LogP contribution is 2.74. The molecule has 8 aliphatic rings. The van der Waals surface area contributed by atoms with E-state index in [0.717, 1.165) is 70.0 Å². The van der Waals surface area contributed by atoms with E-state index < -0.39 is 18.2 Å². The largest absolute Gasteiger partial charge is 0.385 e. The van der Waals surface area contributed by atoms with Gasteiger partial charge in [0.1, 0.15) is 6.17 Å². The highest BCUT2D eigenvalue weighted by atomic mass is 35.5. The van der Waals surface area contributed by atoms with Crippen molar-refractivity contribution < 1.29 is 23.6 Å². The van der Waals surface area contributed by atoms with Crippen molar-refractivity contribution in [2.24, 2.45) is 5.41 Å². The maximum absolute atomic E-state index is 13.6. The SMILES string of the molecule is CNc1cc(N2CCc3c2cccc3C23CC(CN4CCN(C5CCN(C(=O)c6ccc(Cl)c(N7CCC(=O)NC7=O)c6)CC5)CC4)(C2)C3)nn2c(C(=O)NC3C[C@@H]3F)cnc12. The molecule has 5 amide bonds. The molecule has 0 spiro atoms. The lowest BCUT2D eigenvalue weighted by Gasteiger charge is -2.72. The molecule has 3 N–H and O–H groups in total. The fraction of sp³-hybridized carbons (Fsp3) is 0.511. The third-order valence-electron chi connectivity index (χ3n) is 14.8. The molecule has 7 fully saturated rings. The number of urea groups is 1. The van der Waals surface area contributed by atoms with Gasteiger partial charge in [0.2, 0.25) is 5.91 Å². The molecule has 62 heavy (non-hydrogen) atoms. The second-order valence-corrected chi connectivity index (χ2v) is 19.1. The number of nitrogens with zero attached hydrogens (tertiary/aromatic N) is 8. The van der Waals surface area contributed by atoms with Crippen LogP contribution in [-0.4, -0.2) is 137 Å². The standard InChI is InChI=1S/C45H51ClFN11O4/c1-48-34-21-38(52-58-37(22-49-40(34)58)41(60)50-33-20-32(33)47)56-13-9-29-30(3-2-4-35(29)56)45-23-44(24-45,25-45)26-53-15-17-54(18-16-53)28-7-11-55(12-8-28)42(61)27-5-6-31(46)36(19-27)57-14-10-39(59)51-43(57)62/h2-6,19,21-22,28,32-33,48H,7-18,20,23-26H2,1H3,(H,50,60)(H,51,59,62)/t32-,33?,44?,45?/m0/s1. The fourth-order valence-corrected chi connectivity index (χ4v) is 11.8. The molecule has 2 aromatic carbocycles. The third kappa shape index (κ3) is 6.67. The summed E-state index contributed by atoms with van der Waals surface area (Å²) in [6.07, 6.45) is 7.52. The zero-order chi connectivity index (χ0) is 42.5. The average molecular weight is 864 g/mol. The smallest absolute Gasteiger partial charge is 0.328 e. The number of hydrogen-bond donors (Lipinski definition) is 3. The monoisotopic (exact) mass is 863 g/mol. The van der Waals surface area contributed by atoms with Crippen LogP contribution in [0.1, 0.15) is 76.9 Å². The highest BCUT2D eigenvalue weighted by Gasteiger charge is 2.68. The zero-order valence-electron chi connectivity index (χ0n) is 34.8. The first-order chi connectivity index (χ1) is 30.0. The van der Waals surface area contributed by atoms with E-state index in [1.807, 2.05) is 18.0 Å². The summed E-state index contributed by atoms with van der Waals surface area (Å²) >= 11 is 6.44. The molecule has 1 unspecified atom stereocenters. The quantitative estimate of drug-likeness (QED) is 0.204. The maximum atomic E-state index is 13.6. The Morgan fingerprint density at radius 2 is 1.69 bits per heavy atom. The minimum atomic E-state index is -0.992. The summed E-state index contributed by atoms with van der Waals surface area (Å²) in [5.41, 5.74) is 7.24. The molecule has 3 saturated heterocycles. The van der Waals surface area contributed by atoms with Crippen LogP contribution >= 0.6 is 11.6 Å². The van der Waals surface area contributed by atoms with Gasteiger partial charge in [0.25, 0.3) is 11.8 Å². The van der Waals surface area contributed by atoms with Crippen molar-refractivity contribution in [3.8, 4) is 0 Å². The van der Waals surface area contributed by atoms with Crippen LogP contribution in [0.5, 0.6) is 0 Å². The number of rotatable bonds is 10. The Morgan fingerprint density at radius 3 is 2.42 bits per heavy atom. The number of piperazine rings is 1. The number of halogens is 2. The Kier molecular flexibility index (Phi) is 9.50. The number of likely N-dealkylation sites (tertiary alicyclic amines) is 1. The van der Waals surface area contributed by atoms with E-state index in [1.165, 1.54) is 47.2 Å². The molecule has 4 aromatic rings. The summed E-state index contributed by atoms with van der Waals surface area (Å²) in [4.78, 5) is 66.2. The first-order valence-electron chi connectivity index (χ1n) is 22.1. The molecule has 6 heterocycles. The number of aromatic nitrogens is 3. The number of nitrogens with one attached hydrogen (secondary N) is 3. The van der Waals surface area contributed by atoms with Crippen LogP contribution in [0.4, 0.5) is 32.1 Å². The van der Waals surface area contributed by atoms with Gasteiger partial charge in [-0.25, -0.2) is 18.7 Å². The van der Waals surface area contributed by atoms with Gasteiger partial charge < -0.3 is 25.3 Å². The number of alkyl halides is 1. The molecule has 4 saturated carbocycles. The Morgan fingerprint density at radius 1 is 0.935 bits per heavy atom. The van der Waals surface area contributed by atoms with Gasteiger partial charge in [-0.15, -0.1) is 5.10 Å². The summed E-state index contributed by atoms with van der Waals surface area (Å²) < 4.78 is 15.2. The van der Waals surface area contributed by atoms with Gasteiger partial charge >= 0.3 is 6.03 Å². The zero-order valence-corrected chi connectivity index (χ0v) is 35.6. The highest BCUT2D eigenvalue weighted by molar-refractivity contribution is 6.34. The molecule has 2 bridgehead atoms. The van der Waals surface area contributed by atoms with Crippen molar-refractivity contribution in [2.45, 2.75) is 75.0 Å². The number of imidazole rings is 1. The second kappa shape index (κ2) is 14.9. The number of carbonyl (C=O) groups is 4. The topological polar surface area (TPSA) is 151 Å². The Bertz CT molecular complexity index is 2500. The van der Waals surface area contributed by atoms with Crippen LogP contribution in [0.3, 0.4) is 0 Å². The van der Waals surface area contributed by atoms with Crippen molar-refractivity contribution in [1.82, 2.24) is 39.9 Å². The van der Waals surface area contributed by atoms with E-state index in [1.54, 1.807) is 22.7 Å². The van der Waals surface area contributed by atoms with Crippen LogP contribution in [-0.2, 0) is 16.6 Å². The Hall–Kier alpha value is -5.32. The van der Waals surface area contributed by atoms with Crippen LogP contribution < -0.4 is 25.8 Å². The molecule has 4 aliphatic heterocycles. The molecule has 0 radical (unpaired) electrons. The molecular formula is C45H51ClFN11O4. The lowest BCUT2D eigenvalue weighted by atomic mass is 9.33. The minimum absolute atomic E-state index is 0.0639. The van der Waals surface area contributed by atoms with Crippen molar-refractivity contribution in [2.75, 3.05) is 81.1 Å². The molecule has 2 atom stereocenters. The number of fused-ring (bicyclic) bond motifs is 2. The summed E-state index contributed by atoms with van der Waals surface area (Å²) in [6.45, 7) is 7.75. The van der Waals surface area contributed by atoms with E-state index in [0.29, 0.717) is 58.6 Å². The van der Waals surface area contributed by atoms with E-state index in [4.69, 9.17) is 16.7 Å². The number of amides is 5. The number of anilines is 4. The summed E-state index contributed by atoms with van der Waals surface area (Å²) in [5.74, 6) is -0.0111. The number of imide groups is 1. The molecule has 2 aromatic heterocycles. The molecular weight excluding hydrogens is 813 g/mol. The fourth-order valence-electron chi connectivity index (χ4n) is 11.6. The first kappa shape index (κ1) is 39.5. The summed E-state index contributed by atoms with van der Waals surface area (Å²) in [6, 6.07) is 13.2. The lowest BCUT2D eigenvalue weighted by Crippen LogP contribution is -2.69. The maximum Gasteiger partial charge on any atom is 0.328 e. The summed E-state index contributed by atoms with van der Waals surface area (Å²) in [7, 11) is 1.84. The van der Waals surface area contributed by atoms with Crippen LogP contribution in [0.2, 0.25) is 5.02 Å². The predicted octanol–water partition coefficient (Wildman–Crippen LogP) is 4.75. The molecule has 17 heteroatoms. The van der Waals surface area contributed by atoms with E-state index in [9.17, 15) is 23.6 Å². The van der Waals surface area contributed by atoms with Crippen molar-refractivity contribution in [3.05, 3.63) is 76.1 Å². The van der Waals surface area contributed by atoms with E-state index >= 15 is 0 Å². The van der Waals surface area contributed by atoms with Gasteiger partial charge in [-0.1, -0.05) is 23.7 Å². The second-order valence-electron chi connectivity index (χ2n) is 18.6. The van der Waals surface area contributed by atoms with Crippen molar-refractivity contribution >= 4 is 63.9 Å². The molecule has 324 valence electrons. The van der Waals surface area contributed by atoms with Gasteiger partial charge in [0, 0.05) is 102 Å². The van der Waals surface area contributed by atoms with Gasteiger partial charge in [0.15, 0.2) is 17.2 Å². The Labute approximate surface area is 363 Å². The number of carbonyl (C=O) groups excluding carboxylic acids is 4. The first-order valence-corrected chi connectivity index (χ1v) is 22.5. The van der Waals surface area contributed by atoms with Crippen LogP contribution in [0, 0.1) is 5.41 Å².